The number of thiazole rings is 1. The van der Waals surface area contributed by atoms with Crippen molar-refractivity contribution in [3.63, 3.8) is 0 Å². The molecule has 1 saturated heterocycles. The van der Waals surface area contributed by atoms with Gasteiger partial charge in [-0.05, 0) is 12.1 Å². The van der Waals surface area contributed by atoms with Gasteiger partial charge in [-0.3, -0.25) is 9.78 Å². The number of carboxylic acid groups (broad SMARTS) is 1. The molecule has 2 aliphatic rings. The molecule has 26 heavy (non-hydrogen) atoms. The van der Waals surface area contributed by atoms with E-state index < -0.39 is 11.6 Å². The quantitative estimate of drug-likeness (QED) is 0.824. The lowest BCUT2D eigenvalue weighted by atomic mass is 9.87. The van der Waals surface area contributed by atoms with E-state index in [2.05, 4.69) is 10.3 Å². The summed E-state index contributed by atoms with van der Waals surface area (Å²) in [5.41, 5.74) is 1.61. The Morgan fingerprint density at radius 3 is 2.81 bits per heavy atom. The van der Waals surface area contributed by atoms with Crippen LogP contribution in [0.5, 0.6) is 0 Å². The molecule has 0 bridgehead atoms. The third-order valence-corrected chi connectivity index (χ3v) is 6.63. The number of hydrogen-bond acceptors (Lipinski definition) is 6. The summed E-state index contributed by atoms with van der Waals surface area (Å²) in [6.45, 7) is 0.712. The zero-order chi connectivity index (χ0) is 18.1. The van der Waals surface area contributed by atoms with Crippen LogP contribution in [0.1, 0.15) is 15.2 Å². The predicted molar refractivity (Wildman–Crippen MR) is 101 cm³/mol. The molecule has 2 aromatic rings. The highest BCUT2D eigenvalue weighted by molar-refractivity contribution is 8.13. The smallest absolute Gasteiger partial charge is 0.407 e. The number of aromatic nitrogens is 1. The fraction of sp³-hybridized carbons (Fsp3) is 0.294. The van der Waals surface area contributed by atoms with Gasteiger partial charge in [-0.15, -0.1) is 11.3 Å². The van der Waals surface area contributed by atoms with Gasteiger partial charge >= 0.3 is 6.09 Å². The molecule has 0 saturated carbocycles. The number of aliphatic imine (C=N–C) groups is 1. The van der Waals surface area contributed by atoms with Gasteiger partial charge in [0.2, 0.25) is 0 Å². The molecule has 9 heteroatoms. The average molecular weight is 388 g/mol. The number of thioether (sulfide) groups is 1. The number of amides is 2. The molecule has 134 valence electrons. The molecule has 2 N–H and O–H groups in total. The molecule has 3 heterocycles. The van der Waals surface area contributed by atoms with Crippen molar-refractivity contribution in [2.45, 2.75) is 5.54 Å². The van der Waals surface area contributed by atoms with Crippen LogP contribution in [0.15, 0.2) is 47.0 Å². The van der Waals surface area contributed by atoms with Crippen molar-refractivity contribution >= 4 is 40.3 Å². The molecular formula is C17H16N4O3S2. The second kappa shape index (κ2) is 6.73. The summed E-state index contributed by atoms with van der Waals surface area (Å²) in [7, 11) is 0. The summed E-state index contributed by atoms with van der Waals surface area (Å²) < 4.78 is 0. The van der Waals surface area contributed by atoms with Crippen LogP contribution in [-0.2, 0) is 5.54 Å². The third-order valence-electron chi connectivity index (χ3n) is 4.66. The Labute approximate surface area is 158 Å². The molecule has 2 amide bonds. The van der Waals surface area contributed by atoms with Crippen LogP contribution in [0.25, 0.3) is 0 Å². The largest absolute Gasteiger partial charge is 0.465 e. The summed E-state index contributed by atoms with van der Waals surface area (Å²) in [5, 5.41) is 12.8. The number of amidine groups is 1. The van der Waals surface area contributed by atoms with E-state index in [1.807, 2.05) is 6.07 Å². The highest BCUT2D eigenvalue weighted by atomic mass is 32.2. The zero-order valence-corrected chi connectivity index (χ0v) is 15.3. The van der Waals surface area contributed by atoms with Crippen molar-refractivity contribution in [3.8, 4) is 0 Å². The summed E-state index contributed by atoms with van der Waals surface area (Å²) in [6, 6.07) is 8.95. The standard InChI is InChI=1S/C17H16N4O3S2/c22-14(11-4-2-1-3-5-11)19-15-20-17(13-6-18-10-26-13)9-21(16(23)24)7-12(17)8-25-15/h1-6,10,12H,7-9H2,(H,23,24)(H,19,20,22)/t12-,17?/m0/s1. The van der Waals surface area contributed by atoms with Crippen molar-refractivity contribution in [2.75, 3.05) is 18.8 Å². The summed E-state index contributed by atoms with van der Waals surface area (Å²) >= 11 is 2.92. The maximum absolute atomic E-state index is 12.4. The number of rotatable bonds is 2. The van der Waals surface area contributed by atoms with Gasteiger partial charge in [-0.1, -0.05) is 30.0 Å². The molecular weight excluding hydrogens is 372 g/mol. The first-order chi connectivity index (χ1) is 12.6. The highest BCUT2D eigenvalue weighted by Gasteiger charge is 2.52. The minimum atomic E-state index is -0.946. The van der Waals surface area contributed by atoms with Crippen molar-refractivity contribution < 1.29 is 14.7 Å². The highest BCUT2D eigenvalue weighted by Crippen LogP contribution is 2.46. The van der Waals surface area contributed by atoms with Gasteiger partial charge in [0.25, 0.3) is 5.91 Å². The van der Waals surface area contributed by atoms with E-state index in [0.717, 1.165) is 4.88 Å². The number of nitrogens with one attached hydrogen (secondary N) is 1. The fourth-order valence-electron chi connectivity index (χ4n) is 3.34. The van der Waals surface area contributed by atoms with E-state index in [1.165, 1.54) is 28.0 Å². The minimum Gasteiger partial charge on any atom is -0.465 e. The minimum absolute atomic E-state index is 0.0569. The Morgan fingerprint density at radius 1 is 1.31 bits per heavy atom. The second-order valence-corrected chi connectivity index (χ2v) is 8.09. The molecule has 1 unspecified atom stereocenters. The van der Waals surface area contributed by atoms with E-state index in [1.54, 1.807) is 36.0 Å². The Morgan fingerprint density at radius 2 is 2.12 bits per heavy atom. The molecule has 0 spiro atoms. The van der Waals surface area contributed by atoms with Gasteiger partial charge in [0.05, 0.1) is 16.9 Å². The van der Waals surface area contributed by atoms with Crippen molar-refractivity contribution in [2.24, 2.45) is 10.9 Å². The van der Waals surface area contributed by atoms with E-state index >= 15 is 0 Å². The Kier molecular flexibility index (Phi) is 4.41. The maximum atomic E-state index is 12.4. The lowest BCUT2D eigenvalue weighted by molar-refractivity contribution is 0.0977. The molecule has 4 rings (SSSR count). The van der Waals surface area contributed by atoms with Crippen molar-refractivity contribution in [3.05, 3.63) is 52.5 Å². The third kappa shape index (κ3) is 2.97. The van der Waals surface area contributed by atoms with Crippen LogP contribution in [0.2, 0.25) is 0 Å². The summed E-state index contributed by atoms with van der Waals surface area (Å²) in [5.74, 6) is 0.527. The van der Waals surface area contributed by atoms with Gasteiger partial charge < -0.3 is 15.3 Å². The molecule has 2 atom stereocenters. The first-order valence-corrected chi connectivity index (χ1v) is 9.91. The van der Waals surface area contributed by atoms with E-state index in [-0.39, 0.29) is 18.4 Å². The van der Waals surface area contributed by atoms with Crippen LogP contribution in [0, 0.1) is 5.92 Å². The Bertz CT molecular complexity index is 856. The first kappa shape index (κ1) is 17.0. The monoisotopic (exact) mass is 388 g/mol. The molecule has 1 fully saturated rings. The predicted octanol–water partition coefficient (Wildman–Crippen LogP) is 2.48. The SMILES string of the molecule is O=C(NC1=NC2(c3cncs3)CN(C(=O)O)C[C@H]2CS1)c1ccccc1. The Balaban J connectivity index is 1.65. The van der Waals surface area contributed by atoms with Crippen LogP contribution in [0.4, 0.5) is 4.79 Å². The van der Waals surface area contributed by atoms with Crippen LogP contribution in [-0.4, -0.2) is 51.0 Å². The first-order valence-electron chi connectivity index (χ1n) is 8.04. The number of carbonyl (C=O) groups is 2. The second-order valence-electron chi connectivity index (χ2n) is 6.20. The van der Waals surface area contributed by atoms with Gasteiger partial charge in [0.1, 0.15) is 5.54 Å². The number of nitrogens with zero attached hydrogens (tertiary/aromatic N) is 3. The molecule has 1 aromatic heterocycles. The van der Waals surface area contributed by atoms with Gasteiger partial charge in [0.15, 0.2) is 5.17 Å². The molecule has 2 aliphatic heterocycles. The van der Waals surface area contributed by atoms with Crippen LogP contribution < -0.4 is 5.32 Å². The molecule has 1 aromatic carbocycles. The molecule has 0 radical (unpaired) electrons. The lowest BCUT2D eigenvalue weighted by Crippen LogP contribution is -2.42. The van der Waals surface area contributed by atoms with E-state index in [9.17, 15) is 14.7 Å². The van der Waals surface area contributed by atoms with E-state index in [0.29, 0.717) is 23.0 Å². The van der Waals surface area contributed by atoms with Crippen molar-refractivity contribution in [1.29, 1.82) is 0 Å². The summed E-state index contributed by atoms with van der Waals surface area (Å²) in [6.07, 6.45) is 0.803. The number of fused-ring (bicyclic) bond motifs is 1. The number of likely N-dealkylation sites (tertiary alicyclic amines) is 1. The topological polar surface area (TPSA) is 94.9 Å². The van der Waals surface area contributed by atoms with Crippen molar-refractivity contribution in [1.82, 2.24) is 15.2 Å². The summed E-state index contributed by atoms with van der Waals surface area (Å²) in [4.78, 5) is 35.2. The molecule has 7 nitrogen and oxygen atoms in total. The Hall–Kier alpha value is -2.39. The fourth-order valence-corrected chi connectivity index (χ4v) is 5.31. The van der Waals surface area contributed by atoms with E-state index in [4.69, 9.17) is 4.99 Å². The zero-order valence-electron chi connectivity index (χ0n) is 13.7. The van der Waals surface area contributed by atoms with Gasteiger partial charge in [0, 0.05) is 30.0 Å². The number of benzene rings is 1. The maximum Gasteiger partial charge on any atom is 0.407 e. The number of carbonyl (C=O) groups excluding carboxylic acids is 1. The average Bonchev–Trinajstić information content (AvgIpc) is 3.30. The van der Waals surface area contributed by atoms with Crippen LogP contribution in [0.3, 0.4) is 0 Å². The number of hydrogen-bond donors (Lipinski definition) is 2. The van der Waals surface area contributed by atoms with Gasteiger partial charge in [-0.2, -0.15) is 0 Å². The lowest BCUT2D eigenvalue weighted by Gasteiger charge is -2.33. The van der Waals surface area contributed by atoms with Gasteiger partial charge in [-0.25, -0.2) is 9.79 Å². The normalized spacial score (nSPS) is 24.7. The molecule has 0 aliphatic carbocycles. The van der Waals surface area contributed by atoms with Crippen LogP contribution >= 0.6 is 23.1 Å².